The predicted molar refractivity (Wildman–Crippen MR) is 56.2 cm³/mol. The molecule has 0 spiro atoms. The zero-order valence-electron chi connectivity index (χ0n) is 10.1. The normalized spacial score (nSPS) is 12.7. The first kappa shape index (κ1) is 13.4. The van der Waals surface area contributed by atoms with Gasteiger partial charge >= 0.3 is 5.97 Å². The molecule has 0 saturated heterocycles. The standard InChI is InChI=1S/C11H22O3/c1-9(12)13-8-7-11(5,6)14-10(2,3)4/h7-8H2,1-6H3. The SMILES string of the molecule is CC(=O)OCCC(C)(C)OC(C)(C)C. The third-order valence-electron chi connectivity index (χ3n) is 1.59. The summed E-state index contributed by atoms with van der Waals surface area (Å²) in [7, 11) is 0. The molecule has 0 unspecified atom stereocenters. The molecular formula is C11H22O3. The molecule has 14 heavy (non-hydrogen) atoms. The van der Waals surface area contributed by atoms with E-state index in [1.807, 2.05) is 34.6 Å². The highest BCUT2D eigenvalue weighted by molar-refractivity contribution is 5.65. The van der Waals surface area contributed by atoms with E-state index < -0.39 is 0 Å². The number of carbonyl (C=O) groups is 1. The molecule has 0 heterocycles. The molecule has 0 aromatic rings. The maximum atomic E-state index is 10.6. The van der Waals surface area contributed by atoms with Crippen LogP contribution in [-0.2, 0) is 14.3 Å². The summed E-state index contributed by atoms with van der Waals surface area (Å²) in [5, 5.41) is 0. The van der Waals surface area contributed by atoms with E-state index in [0.29, 0.717) is 13.0 Å². The fourth-order valence-electron chi connectivity index (χ4n) is 1.32. The van der Waals surface area contributed by atoms with E-state index in [4.69, 9.17) is 9.47 Å². The van der Waals surface area contributed by atoms with Crippen molar-refractivity contribution < 1.29 is 14.3 Å². The van der Waals surface area contributed by atoms with E-state index in [9.17, 15) is 4.79 Å². The number of esters is 1. The Hall–Kier alpha value is -0.570. The lowest BCUT2D eigenvalue weighted by Gasteiger charge is -2.33. The first-order chi connectivity index (χ1) is 6.12. The average molecular weight is 202 g/mol. The van der Waals surface area contributed by atoms with E-state index in [-0.39, 0.29) is 17.2 Å². The summed E-state index contributed by atoms with van der Waals surface area (Å²) < 4.78 is 10.7. The molecule has 0 amide bonds. The summed E-state index contributed by atoms with van der Waals surface area (Å²) in [6.07, 6.45) is 0.712. The van der Waals surface area contributed by atoms with Gasteiger partial charge in [-0.2, -0.15) is 0 Å². The largest absolute Gasteiger partial charge is 0.466 e. The summed E-state index contributed by atoms with van der Waals surface area (Å²) >= 11 is 0. The van der Waals surface area contributed by atoms with E-state index >= 15 is 0 Å². The van der Waals surface area contributed by atoms with Gasteiger partial charge in [-0.1, -0.05) is 0 Å². The number of hydrogen-bond donors (Lipinski definition) is 0. The molecule has 0 saturated carbocycles. The van der Waals surface area contributed by atoms with Crippen molar-refractivity contribution in [3.8, 4) is 0 Å². The van der Waals surface area contributed by atoms with Crippen molar-refractivity contribution in [2.75, 3.05) is 6.61 Å². The van der Waals surface area contributed by atoms with Crippen LogP contribution < -0.4 is 0 Å². The lowest BCUT2D eigenvalue weighted by atomic mass is 10.0. The fraction of sp³-hybridized carbons (Fsp3) is 0.909. The van der Waals surface area contributed by atoms with Gasteiger partial charge in [-0.25, -0.2) is 0 Å². The van der Waals surface area contributed by atoms with Crippen LogP contribution in [0.15, 0.2) is 0 Å². The van der Waals surface area contributed by atoms with Crippen molar-refractivity contribution in [3.63, 3.8) is 0 Å². The molecule has 0 aliphatic carbocycles. The van der Waals surface area contributed by atoms with Gasteiger partial charge in [0.25, 0.3) is 0 Å². The van der Waals surface area contributed by atoms with Gasteiger partial charge in [0.2, 0.25) is 0 Å². The molecule has 0 rings (SSSR count). The first-order valence-electron chi connectivity index (χ1n) is 4.96. The minimum absolute atomic E-state index is 0.167. The molecular weight excluding hydrogens is 180 g/mol. The maximum Gasteiger partial charge on any atom is 0.302 e. The zero-order valence-corrected chi connectivity index (χ0v) is 10.1. The van der Waals surface area contributed by atoms with Crippen molar-refractivity contribution in [1.29, 1.82) is 0 Å². The van der Waals surface area contributed by atoms with Crippen LogP contribution in [0, 0.1) is 0 Å². The highest BCUT2D eigenvalue weighted by Gasteiger charge is 2.25. The Bertz CT molecular complexity index is 189. The number of ether oxygens (including phenoxy) is 2. The Balaban J connectivity index is 3.89. The van der Waals surface area contributed by atoms with Gasteiger partial charge in [0, 0.05) is 13.3 Å². The van der Waals surface area contributed by atoms with Gasteiger partial charge < -0.3 is 9.47 Å². The van der Waals surface area contributed by atoms with E-state index in [0.717, 1.165) is 0 Å². The third kappa shape index (κ3) is 8.05. The van der Waals surface area contributed by atoms with Crippen LogP contribution in [-0.4, -0.2) is 23.8 Å². The summed E-state index contributed by atoms with van der Waals surface area (Å²) in [5.41, 5.74) is -0.423. The summed E-state index contributed by atoms with van der Waals surface area (Å²) in [4.78, 5) is 10.6. The van der Waals surface area contributed by atoms with Crippen LogP contribution in [0.1, 0.15) is 48.0 Å². The lowest BCUT2D eigenvalue weighted by Crippen LogP contribution is -2.35. The van der Waals surface area contributed by atoms with Crippen molar-refractivity contribution in [2.45, 2.75) is 59.2 Å². The fourth-order valence-corrected chi connectivity index (χ4v) is 1.32. The Kier molecular flexibility index (Phi) is 4.59. The molecule has 0 aromatic carbocycles. The van der Waals surface area contributed by atoms with Gasteiger partial charge in [-0.15, -0.1) is 0 Å². The molecule has 0 aliphatic rings. The summed E-state index contributed by atoms with van der Waals surface area (Å²) in [5.74, 6) is -0.239. The van der Waals surface area contributed by atoms with Crippen LogP contribution in [0.5, 0.6) is 0 Å². The lowest BCUT2D eigenvalue weighted by molar-refractivity contribution is -0.147. The molecule has 0 aromatic heterocycles. The highest BCUT2D eigenvalue weighted by Crippen LogP contribution is 2.22. The van der Waals surface area contributed by atoms with Gasteiger partial charge in [-0.05, 0) is 34.6 Å². The first-order valence-corrected chi connectivity index (χ1v) is 4.96. The Morgan fingerprint density at radius 1 is 1.14 bits per heavy atom. The van der Waals surface area contributed by atoms with Crippen molar-refractivity contribution in [1.82, 2.24) is 0 Å². The molecule has 0 N–H and O–H groups in total. The Morgan fingerprint density at radius 3 is 2.00 bits per heavy atom. The van der Waals surface area contributed by atoms with Gasteiger partial charge in [0.05, 0.1) is 17.8 Å². The van der Waals surface area contributed by atoms with Crippen LogP contribution in [0.3, 0.4) is 0 Å². The minimum Gasteiger partial charge on any atom is -0.466 e. The van der Waals surface area contributed by atoms with E-state index in [2.05, 4.69) is 0 Å². The second-order valence-corrected chi connectivity index (χ2v) is 5.06. The zero-order chi connectivity index (χ0) is 11.4. The Morgan fingerprint density at radius 2 is 1.64 bits per heavy atom. The minimum atomic E-state index is -0.256. The molecule has 3 heteroatoms. The van der Waals surface area contributed by atoms with Crippen LogP contribution in [0.2, 0.25) is 0 Å². The van der Waals surface area contributed by atoms with Crippen molar-refractivity contribution in [3.05, 3.63) is 0 Å². The smallest absolute Gasteiger partial charge is 0.302 e. The number of carbonyl (C=O) groups excluding carboxylic acids is 1. The monoisotopic (exact) mass is 202 g/mol. The summed E-state index contributed by atoms with van der Waals surface area (Å²) in [6, 6.07) is 0. The summed E-state index contributed by atoms with van der Waals surface area (Å²) in [6.45, 7) is 11.9. The molecule has 0 bridgehead atoms. The van der Waals surface area contributed by atoms with Gasteiger partial charge in [0.15, 0.2) is 0 Å². The third-order valence-corrected chi connectivity index (χ3v) is 1.59. The van der Waals surface area contributed by atoms with Crippen molar-refractivity contribution in [2.24, 2.45) is 0 Å². The molecule has 84 valence electrons. The second kappa shape index (κ2) is 4.78. The molecule has 0 aliphatic heterocycles. The van der Waals surface area contributed by atoms with E-state index in [1.165, 1.54) is 6.92 Å². The average Bonchev–Trinajstić information content (AvgIpc) is 1.78. The van der Waals surface area contributed by atoms with Crippen molar-refractivity contribution >= 4 is 5.97 Å². The number of rotatable bonds is 4. The Labute approximate surface area is 86.8 Å². The number of hydrogen-bond acceptors (Lipinski definition) is 3. The second-order valence-electron chi connectivity index (χ2n) is 5.06. The van der Waals surface area contributed by atoms with E-state index in [1.54, 1.807) is 0 Å². The molecule has 0 atom stereocenters. The highest BCUT2D eigenvalue weighted by atomic mass is 16.5. The van der Waals surface area contributed by atoms with Gasteiger partial charge in [0.1, 0.15) is 0 Å². The van der Waals surface area contributed by atoms with Crippen LogP contribution in [0.25, 0.3) is 0 Å². The van der Waals surface area contributed by atoms with Crippen LogP contribution in [0.4, 0.5) is 0 Å². The maximum absolute atomic E-state index is 10.6. The van der Waals surface area contributed by atoms with Crippen LogP contribution >= 0.6 is 0 Å². The quantitative estimate of drug-likeness (QED) is 0.657. The predicted octanol–water partition coefficient (Wildman–Crippen LogP) is 2.53. The molecule has 0 radical (unpaired) electrons. The molecule has 3 nitrogen and oxygen atoms in total. The van der Waals surface area contributed by atoms with Gasteiger partial charge in [-0.3, -0.25) is 4.79 Å². The molecule has 0 fully saturated rings. The topological polar surface area (TPSA) is 35.5 Å².